The summed E-state index contributed by atoms with van der Waals surface area (Å²) < 4.78 is 20.5. The van der Waals surface area contributed by atoms with Crippen molar-refractivity contribution in [3.8, 4) is 0 Å². The summed E-state index contributed by atoms with van der Waals surface area (Å²) in [6.45, 7) is 3.08. The Bertz CT molecular complexity index is 922. The van der Waals surface area contributed by atoms with Gasteiger partial charge < -0.3 is 24.1 Å². The molecule has 10 heteroatoms. The number of carboxylic acid groups (broad SMARTS) is 1. The van der Waals surface area contributed by atoms with Crippen LogP contribution in [0.25, 0.3) is 0 Å². The van der Waals surface area contributed by atoms with Crippen molar-refractivity contribution >= 4 is 29.8 Å². The number of carboxylic acids is 1. The standard InChI is InChI=1S/C23H26O10/c1-3-18(24)31-13-8-14-32-22(29)23(12-7-6-11-17(23)21(28)30-2)33-20(27)16-10-5-4-9-15(16)19(25)26/h3-5,9-10,17H,1,6-8,11-14H2,2H3,(H,25,26). The van der Waals surface area contributed by atoms with Gasteiger partial charge >= 0.3 is 29.8 Å². The number of rotatable bonds is 10. The van der Waals surface area contributed by atoms with Crippen molar-refractivity contribution in [2.24, 2.45) is 5.92 Å². The number of carbonyl (C=O) groups is 5. The van der Waals surface area contributed by atoms with Crippen molar-refractivity contribution in [3.05, 3.63) is 48.0 Å². The maximum atomic E-state index is 13.1. The highest BCUT2D eigenvalue weighted by Crippen LogP contribution is 2.40. The maximum Gasteiger partial charge on any atom is 0.351 e. The molecule has 0 amide bonds. The first-order valence-corrected chi connectivity index (χ1v) is 10.4. The Hall–Kier alpha value is -3.69. The summed E-state index contributed by atoms with van der Waals surface area (Å²) in [6.07, 6.45) is 2.44. The molecule has 1 aliphatic carbocycles. The van der Waals surface area contributed by atoms with Crippen molar-refractivity contribution in [1.82, 2.24) is 0 Å². The Morgan fingerprint density at radius 1 is 1.09 bits per heavy atom. The van der Waals surface area contributed by atoms with Crippen LogP contribution in [0.2, 0.25) is 0 Å². The number of methoxy groups -OCH3 is 1. The van der Waals surface area contributed by atoms with E-state index in [1.807, 2.05) is 0 Å². The van der Waals surface area contributed by atoms with Gasteiger partial charge in [-0.2, -0.15) is 0 Å². The molecule has 0 bridgehead atoms. The van der Waals surface area contributed by atoms with Gasteiger partial charge in [0.2, 0.25) is 5.60 Å². The number of hydrogen-bond donors (Lipinski definition) is 1. The van der Waals surface area contributed by atoms with Gasteiger partial charge in [0.25, 0.3) is 0 Å². The molecule has 1 aromatic carbocycles. The van der Waals surface area contributed by atoms with Crippen LogP contribution in [0.5, 0.6) is 0 Å². The van der Waals surface area contributed by atoms with E-state index in [-0.39, 0.29) is 43.6 Å². The zero-order chi connectivity index (χ0) is 24.4. The third-order valence-electron chi connectivity index (χ3n) is 5.27. The molecule has 0 aliphatic heterocycles. The van der Waals surface area contributed by atoms with Crippen LogP contribution in [0.4, 0.5) is 0 Å². The summed E-state index contributed by atoms with van der Waals surface area (Å²) >= 11 is 0. The molecule has 10 nitrogen and oxygen atoms in total. The average Bonchev–Trinajstić information content (AvgIpc) is 2.83. The van der Waals surface area contributed by atoms with Crippen LogP contribution in [0.1, 0.15) is 52.8 Å². The lowest BCUT2D eigenvalue weighted by atomic mass is 9.75. The van der Waals surface area contributed by atoms with Crippen LogP contribution in [-0.2, 0) is 33.3 Å². The minimum Gasteiger partial charge on any atom is -0.478 e. The van der Waals surface area contributed by atoms with E-state index in [9.17, 15) is 29.1 Å². The van der Waals surface area contributed by atoms with Gasteiger partial charge in [0.15, 0.2) is 0 Å². The smallest absolute Gasteiger partial charge is 0.351 e. The second-order valence-electron chi connectivity index (χ2n) is 7.31. The van der Waals surface area contributed by atoms with E-state index in [1.165, 1.54) is 24.3 Å². The summed E-state index contributed by atoms with van der Waals surface area (Å²) in [6, 6.07) is 5.39. The molecule has 0 aromatic heterocycles. The van der Waals surface area contributed by atoms with E-state index in [2.05, 4.69) is 6.58 Å². The number of esters is 4. The van der Waals surface area contributed by atoms with Gasteiger partial charge in [0, 0.05) is 12.5 Å². The van der Waals surface area contributed by atoms with E-state index in [0.29, 0.717) is 12.8 Å². The molecule has 1 fully saturated rings. The Labute approximate surface area is 190 Å². The van der Waals surface area contributed by atoms with Crippen molar-refractivity contribution in [2.45, 2.75) is 37.7 Å². The fourth-order valence-electron chi connectivity index (χ4n) is 3.65. The van der Waals surface area contributed by atoms with E-state index in [1.54, 1.807) is 0 Å². The highest BCUT2D eigenvalue weighted by atomic mass is 16.6. The molecule has 0 heterocycles. The maximum absolute atomic E-state index is 13.1. The van der Waals surface area contributed by atoms with Crippen molar-refractivity contribution in [2.75, 3.05) is 20.3 Å². The van der Waals surface area contributed by atoms with E-state index in [4.69, 9.17) is 18.9 Å². The molecule has 1 aliphatic rings. The summed E-state index contributed by atoms with van der Waals surface area (Å²) in [4.78, 5) is 61.2. The van der Waals surface area contributed by atoms with Crippen LogP contribution < -0.4 is 0 Å². The molecule has 178 valence electrons. The predicted molar refractivity (Wildman–Crippen MR) is 112 cm³/mol. The molecular formula is C23H26O10. The Morgan fingerprint density at radius 3 is 2.39 bits per heavy atom. The summed E-state index contributed by atoms with van der Waals surface area (Å²) in [5.41, 5.74) is -2.55. The van der Waals surface area contributed by atoms with E-state index in [0.717, 1.165) is 13.2 Å². The third kappa shape index (κ3) is 6.18. The van der Waals surface area contributed by atoms with E-state index >= 15 is 0 Å². The van der Waals surface area contributed by atoms with Gasteiger partial charge in [-0.15, -0.1) is 0 Å². The van der Waals surface area contributed by atoms with Crippen molar-refractivity contribution in [1.29, 1.82) is 0 Å². The zero-order valence-electron chi connectivity index (χ0n) is 18.2. The quantitative estimate of drug-likeness (QED) is 0.238. The summed E-state index contributed by atoms with van der Waals surface area (Å²) in [5, 5.41) is 9.38. The highest BCUT2D eigenvalue weighted by molar-refractivity contribution is 6.03. The van der Waals surface area contributed by atoms with Gasteiger partial charge in [-0.25, -0.2) is 19.2 Å². The van der Waals surface area contributed by atoms with Crippen LogP contribution in [0.15, 0.2) is 36.9 Å². The Morgan fingerprint density at radius 2 is 1.76 bits per heavy atom. The van der Waals surface area contributed by atoms with Crippen LogP contribution in [0, 0.1) is 5.92 Å². The molecule has 2 atom stereocenters. The number of aromatic carboxylic acids is 1. The fraction of sp³-hybridized carbons (Fsp3) is 0.435. The summed E-state index contributed by atoms with van der Waals surface area (Å²) in [5.74, 6) is -5.85. The lowest BCUT2D eigenvalue weighted by Gasteiger charge is -2.39. The molecule has 33 heavy (non-hydrogen) atoms. The van der Waals surface area contributed by atoms with Crippen LogP contribution in [0.3, 0.4) is 0 Å². The number of benzene rings is 1. The lowest BCUT2D eigenvalue weighted by molar-refractivity contribution is -0.186. The Balaban J connectivity index is 2.28. The number of hydrogen-bond acceptors (Lipinski definition) is 9. The lowest BCUT2D eigenvalue weighted by Crippen LogP contribution is -2.55. The minimum atomic E-state index is -1.98. The molecule has 0 saturated heterocycles. The monoisotopic (exact) mass is 462 g/mol. The molecule has 0 radical (unpaired) electrons. The minimum absolute atomic E-state index is 0.00196. The molecular weight excluding hydrogens is 436 g/mol. The topological polar surface area (TPSA) is 142 Å². The normalized spacial score (nSPS) is 19.6. The molecule has 1 saturated carbocycles. The molecule has 0 spiro atoms. The largest absolute Gasteiger partial charge is 0.478 e. The predicted octanol–water partition coefficient (Wildman–Crippen LogP) is 2.31. The Kier molecular flexibility index (Phi) is 9.14. The van der Waals surface area contributed by atoms with Gasteiger partial charge in [-0.1, -0.05) is 25.1 Å². The first-order valence-electron chi connectivity index (χ1n) is 10.4. The van der Waals surface area contributed by atoms with Crippen molar-refractivity contribution in [3.63, 3.8) is 0 Å². The molecule has 2 rings (SSSR count). The zero-order valence-corrected chi connectivity index (χ0v) is 18.2. The number of ether oxygens (including phenoxy) is 4. The molecule has 1 aromatic rings. The SMILES string of the molecule is C=CC(=O)OCCCOC(=O)C1(OC(=O)c2ccccc2C(=O)O)CCCCC1C(=O)OC. The van der Waals surface area contributed by atoms with Crippen LogP contribution in [-0.4, -0.2) is 60.9 Å². The van der Waals surface area contributed by atoms with Crippen LogP contribution >= 0.6 is 0 Å². The first-order chi connectivity index (χ1) is 15.8. The first kappa shape index (κ1) is 25.6. The third-order valence-corrected chi connectivity index (χ3v) is 5.27. The fourth-order valence-corrected chi connectivity index (χ4v) is 3.65. The molecule has 2 unspecified atom stereocenters. The average molecular weight is 462 g/mol. The van der Waals surface area contributed by atoms with Gasteiger partial charge in [-0.3, -0.25) is 4.79 Å². The van der Waals surface area contributed by atoms with Gasteiger partial charge in [0.05, 0.1) is 31.5 Å². The van der Waals surface area contributed by atoms with Gasteiger partial charge in [0.1, 0.15) is 5.92 Å². The van der Waals surface area contributed by atoms with E-state index < -0.39 is 41.4 Å². The number of carbonyl (C=O) groups excluding carboxylic acids is 4. The van der Waals surface area contributed by atoms with Gasteiger partial charge in [-0.05, 0) is 31.4 Å². The second kappa shape index (κ2) is 11.8. The highest BCUT2D eigenvalue weighted by Gasteiger charge is 2.56. The van der Waals surface area contributed by atoms with Crippen molar-refractivity contribution < 1.29 is 48.0 Å². The summed E-state index contributed by atoms with van der Waals surface area (Å²) in [7, 11) is 1.16. The second-order valence-corrected chi connectivity index (χ2v) is 7.31. The molecule has 1 N–H and O–H groups in total.